The molecule has 0 heterocycles. The summed E-state index contributed by atoms with van der Waals surface area (Å²) < 4.78 is 21.9. The number of benzene rings is 1. The van der Waals surface area contributed by atoms with Crippen LogP contribution in [0.3, 0.4) is 0 Å². The van der Waals surface area contributed by atoms with Crippen molar-refractivity contribution in [1.82, 2.24) is 0 Å². The minimum absolute atomic E-state index is 0.422. The van der Waals surface area contributed by atoms with Gasteiger partial charge >= 0.3 is 0 Å². The normalized spacial score (nSPS) is 10.8. The molecule has 5 nitrogen and oxygen atoms in total. The number of nitrogens with two attached hydrogens (primary N) is 1. The zero-order valence-corrected chi connectivity index (χ0v) is 13.5. The molecule has 0 aliphatic rings. The Hall–Kier alpha value is -1.46. The highest BCUT2D eigenvalue weighted by atomic mass is 16.6. The van der Waals surface area contributed by atoms with Gasteiger partial charge in [0.2, 0.25) is 5.75 Å². The molecule has 0 saturated carbocycles. The Morgan fingerprint density at radius 1 is 1.00 bits per heavy atom. The van der Waals surface area contributed by atoms with Gasteiger partial charge < -0.3 is 24.7 Å². The molecule has 2 N–H and O–H groups in total. The predicted octanol–water partition coefficient (Wildman–Crippen LogP) is 2.60. The third kappa shape index (κ3) is 5.81. The van der Waals surface area contributed by atoms with Gasteiger partial charge in [0, 0.05) is 13.2 Å². The first-order chi connectivity index (χ1) is 10.1. The largest absolute Gasteiger partial charge is 0.493 e. The van der Waals surface area contributed by atoms with Crippen LogP contribution in [-0.2, 0) is 11.3 Å². The van der Waals surface area contributed by atoms with Gasteiger partial charge in [-0.05, 0) is 30.0 Å². The standard InChI is InChI=1S/C16H27NO4/c1-12(2)5-6-20-7-8-21-16-14(18-3)9-13(11-17)10-15(16)19-4/h9-10,12H,5-8,11,17H2,1-4H3. The van der Waals surface area contributed by atoms with Gasteiger partial charge in [-0.3, -0.25) is 0 Å². The van der Waals surface area contributed by atoms with E-state index in [0.29, 0.717) is 42.9 Å². The number of rotatable bonds is 10. The van der Waals surface area contributed by atoms with Crippen LogP contribution >= 0.6 is 0 Å². The molecule has 0 aromatic heterocycles. The van der Waals surface area contributed by atoms with Crippen LogP contribution in [0.5, 0.6) is 17.2 Å². The number of methoxy groups -OCH3 is 2. The lowest BCUT2D eigenvalue weighted by Crippen LogP contribution is -2.10. The van der Waals surface area contributed by atoms with Gasteiger partial charge in [-0.15, -0.1) is 0 Å². The van der Waals surface area contributed by atoms with E-state index in [4.69, 9.17) is 24.7 Å². The molecule has 0 radical (unpaired) electrons. The summed E-state index contributed by atoms with van der Waals surface area (Å²) in [6.45, 7) is 6.51. The second kappa shape index (κ2) is 9.47. The van der Waals surface area contributed by atoms with Crippen molar-refractivity contribution in [3.05, 3.63) is 17.7 Å². The van der Waals surface area contributed by atoms with Gasteiger partial charge in [-0.1, -0.05) is 13.8 Å². The molecule has 21 heavy (non-hydrogen) atoms. The van der Waals surface area contributed by atoms with E-state index in [-0.39, 0.29) is 0 Å². The van der Waals surface area contributed by atoms with Crippen LogP contribution in [0.1, 0.15) is 25.8 Å². The molecule has 5 heteroatoms. The first kappa shape index (κ1) is 17.6. The van der Waals surface area contributed by atoms with E-state index < -0.39 is 0 Å². The van der Waals surface area contributed by atoms with Crippen molar-refractivity contribution in [1.29, 1.82) is 0 Å². The average Bonchev–Trinajstić information content (AvgIpc) is 2.49. The van der Waals surface area contributed by atoms with E-state index >= 15 is 0 Å². The lowest BCUT2D eigenvalue weighted by molar-refractivity contribution is 0.0906. The van der Waals surface area contributed by atoms with Gasteiger partial charge in [-0.2, -0.15) is 0 Å². The highest BCUT2D eigenvalue weighted by Gasteiger charge is 2.13. The van der Waals surface area contributed by atoms with Gasteiger partial charge in [0.05, 0.1) is 20.8 Å². The highest BCUT2D eigenvalue weighted by molar-refractivity contribution is 5.53. The van der Waals surface area contributed by atoms with Crippen LogP contribution in [-0.4, -0.2) is 34.0 Å². The molecule has 120 valence electrons. The molecule has 0 spiro atoms. The molecule has 0 atom stereocenters. The molecule has 0 saturated heterocycles. The van der Waals surface area contributed by atoms with E-state index in [1.165, 1.54) is 0 Å². The Morgan fingerprint density at radius 3 is 2.10 bits per heavy atom. The van der Waals surface area contributed by atoms with Gasteiger partial charge in [0.15, 0.2) is 11.5 Å². The summed E-state index contributed by atoms with van der Waals surface area (Å²) in [5, 5.41) is 0. The molecule has 0 unspecified atom stereocenters. The van der Waals surface area contributed by atoms with E-state index in [0.717, 1.165) is 18.6 Å². The molecule has 1 aromatic carbocycles. The fourth-order valence-electron chi connectivity index (χ4n) is 1.82. The van der Waals surface area contributed by atoms with E-state index in [2.05, 4.69) is 13.8 Å². The van der Waals surface area contributed by atoms with E-state index in [9.17, 15) is 0 Å². The van der Waals surface area contributed by atoms with E-state index in [1.807, 2.05) is 12.1 Å². The van der Waals surface area contributed by atoms with Gasteiger partial charge in [-0.25, -0.2) is 0 Å². The fourth-order valence-corrected chi connectivity index (χ4v) is 1.82. The van der Waals surface area contributed by atoms with Crippen LogP contribution in [0.25, 0.3) is 0 Å². The highest BCUT2D eigenvalue weighted by Crippen LogP contribution is 2.38. The van der Waals surface area contributed by atoms with Crippen molar-refractivity contribution in [2.45, 2.75) is 26.8 Å². The number of hydrogen-bond donors (Lipinski definition) is 1. The summed E-state index contributed by atoms with van der Waals surface area (Å²) in [6.07, 6.45) is 1.05. The zero-order chi connectivity index (χ0) is 15.7. The summed E-state index contributed by atoms with van der Waals surface area (Å²) in [7, 11) is 3.20. The van der Waals surface area contributed by atoms with Crippen molar-refractivity contribution >= 4 is 0 Å². The minimum Gasteiger partial charge on any atom is -0.493 e. The Kier molecular flexibility index (Phi) is 7.93. The molecule has 0 amide bonds. The predicted molar refractivity (Wildman–Crippen MR) is 83.2 cm³/mol. The van der Waals surface area contributed by atoms with Crippen LogP contribution < -0.4 is 19.9 Å². The van der Waals surface area contributed by atoms with Crippen LogP contribution in [0.4, 0.5) is 0 Å². The van der Waals surface area contributed by atoms with Crippen LogP contribution in [0.2, 0.25) is 0 Å². The maximum absolute atomic E-state index is 5.74. The molecule has 0 aliphatic carbocycles. The maximum Gasteiger partial charge on any atom is 0.203 e. The minimum atomic E-state index is 0.422. The summed E-state index contributed by atoms with van der Waals surface area (Å²) in [4.78, 5) is 0. The summed E-state index contributed by atoms with van der Waals surface area (Å²) in [5.74, 6) is 2.48. The van der Waals surface area contributed by atoms with Crippen molar-refractivity contribution < 1.29 is 18.9 Å². The maximum atomic E-state index is 5.74. The summed E-state index contributed by atoms with van der Waals surface area (Å²) in [5.41, 5.74) is 6.59. The molecule has 1 rings (SSSR count). The van der Waals surface area contributed by atoms with E-state index in [1.54, 1.807) is 14.2 Å². The lowest BCUT2D eigenvalue weighted by atomic mass is 10.1. The summed E-state index contributed by atoms with van der Waals surface area (Å²) in [6, 6.07) is 3.72. The van der Waals surface area contributed by atoms with Crippen molar-refractivity contribution in [2.24, 2.45) is 11.7 Å². The Balaban J connectivity index is 2.57. The smallest absolute Gasteiger partial charge is 0.203 e. The topological polar surface area (TPSA) is 62.9 Å². The molecular weight excluding hydrogens is 270 g/mol. The van der Waals surface area contributed by atoms with Gasteiger partial charge in [0.25, 0.3) is 0 Å². The van der Waals surface area contributed by atoms with Crippen LogP contribution in [0, 0.1) is 5.92 Å². The van der Waals surface area contributed by atoms with Crippen molar-refractivity contribution in [2.75, 3.05) is 34.0 Å². The first-order valence-electron chi connectivity index (χ1n) is 7.27. The molecule has 0 bridgehead atoms. The molecule has 0 aliphatic heterocycles. The quantitative estimate of drug-likeness (QED) is 0.673. The van der Waals surface area contributed by atoms with Crippen molar-refractivity contribution in [3.8, 4) is 17.2 Å². The second-order valence-corrected chi connectivity index (χ2v) is 5.18. The molecule has 0 fully saturated rings. The Bertz CT molecular complexity index is 396. The van der Waals surface area contributed by atoms with Gasteiger partial charge in [0.1, 0.15) is 6.61 Å². The number of hydrogen-bond acceptors (Lipinski definition) is 5. The average molecular weight is 297 g/mol. The second-order valence-electron chi connectivity index (χ2n) is 5.18. The third-order valence-electron chi connectivity index (χ3n) is 3.07. The monoisotopic (exact) mass is 297 g/mol. The Morgan fingerprint density at radius 2 is 1.62 bits per heavy atom. The SMILES string of the molecule is COc1cc(CN)cc(OC)c1OCCOCCC(C)C. The fraction of sp³-hybridized carbons (Fsp3) is 0.625. The first-order valence-corrected chi connectivity index (χ1v) is 7.27. The number of ether oxygens (including phenoxy) is 4. The van der Waals surface area contributed by atoms with Crippen LogP contribution in [0.15, 0.2) is 12.1 Å². The molecule has 1 aromatic rings. The lowest BCUT2D eigenvalue weighted by Gasteiger charge is -2.16. The Labute approximate surface area is 127 Å². The van der Waals surface area contributed by atoms with Crippen molar-refractivity contribution in [3.63, 3.8) is 0 Å². The molecular formula is C16H27NO4. The third-order valence-corrected chi connectivity index (χ3v) is 3.07. The summed E-state index contributed by atoms with van der Waals surface area (Å²) >= 11 is 0. The zero-order valence-electron chi connectivity index (χ0n) is 13.5.